The Morgan fingerprint density at radius 3 is 2.04 bits per heavy atom. The average molecular weight is 316 g/mol. The maximum Gasteiger partial charge on any atom is 0.0692 e. The summed E-state index contributed by atoms with van der Waals surface area (Å²) >= 11 is 0. The number of nitriles is 1. The zero-order valence-electron chi connectivity index (χ0n) is 15.7. The summed E-state index contributed by atoms with van der Waals surface area (Å²) in [6, 6.07) is 13.2. The smallest absolute Gasteiger partial charge is 0.0692 e. The second-order valence-electron chi connectivity index (χ2n) is 8.69. The van der Waals surface area contributed by atoms with Gasteiger partial charge in [0.05, 0.1) is 11.5 Å². The standard InChI is InChI=1S/C21H33NO/c1-19(2,3)18(17-11-8-7-9-12-17)15-20(4,5)21(6,16-22)13-10-14-23/h7-9,11-12,18,23H,10,13-15H2,1-6H3. The highest BCUT2D eigenvalue weighted by Gasteiger charge is 2.44. The van der Waals surface area contributed by atoms with Crippen molar-refractivity contribution in [2.24, 2.45) is 16.2 Å². The van der Waals surface area contributed by atoms with Crippen LogP contribution in [0, 0.1) is 27.6 Å². The molecule has 0 radical (unpaired) electrons. The van der Waals surface area contributed by atoms with Gasteiger partial charge < -0.3 is 5.11 Å². The van der Waals surface area contributed by atoms with Crippen LogP contribution in [0.2, 0.25) is 0 Å². The highest BCUT2D eigenvalue weighted by atomic mass is 16.2. The van der Waals surface area contributed by atoms with Crippen LogP contribution >= 0.6 is 0 Å². The van der Waals surface area contributed by atoms with Crippen molar-refractivity contribution in [1.82, 2.24) is 0 Å². The van der Waals surface area contributed by atoms with E-state index in [2.05, 4.69) is 71.0 Å². The van der Waals surface area contributed by atoms with E-state index in [9.17, 15) is 10.4 Å². The summed E-state index contributed by atoms with van der Waals surface area (Å²) in [5.41, 5.74) is 0.903. The second-order valence-corrected chi connectivity index (χ2v) is 8.69. The number of aliphatic hydroxyl groups is 1. The molecule has 0 saturated carbocycles. The topological polar surface area (TPSA) is 44.0 Å². The van der Waals surface area contributed by atoms with Crippen LogP contribution in [0.4, 0.5) is 0 Å². The van der Waals surface area contributed by atoms with Crippen LogP contribution in [0.1, 0.15) is 72.3 Å². The minimum atomic E-state index is -0.436. The van der Waals surface area contributed by atoms with Crippen LogP contribution in [0.5, 0.6) is 0 Å². The molecule has 0 aliphatic heterocycles. The Balaban J connectivity index is 3.14. The molecule has 0 aliphatic rings. The normalized spacial score (nSPS) is 16.4. The minimum Gasteiger partial charge on any atom is -0.396 e. The van der Waals surface area contributed by atoms with Crippen molar-refractivity contribution in [2.75, 3.05) is 6.61 Å². The largest absolute Gasteiger partial charge is 0.396 e. The first-order chi connectivity index (χ1) is 10.6. The summed E-state index contributed by atoms with van der Waals surface area (Å²) in [6.07, 6.45) is 2.37. The first-order valence-electron chi connectivity index (χ1n) is 8.64. The molecular weight excluding hydrogens is 282 g/mol. The highest BCUT2D eigenvalue weighted by molar-refractivity contribution is 5.22. The van der Waals surface area contributed by atoms with E-state index in [0.717, 1.165) is 12.8 Å². The van der Waals surface area contributed by atoms with Crippen LogP contribution in [0.25, 0.3) is 0 Å². The zero-order valence-corrected chi connectivity index (χ0v) is 15.7. The van der Waals surface area contributed by atoms with Gasteiger partial charge in [-0.3, -0.25) is 0 Å². The van der Waals surface area contributed by atoms with Gasteiger partial charge in [0.1, 0.15) is 0 Å². The first kappa shape index (κ1) is 19.7. The molecule has 1 N–H and O–H groups in total. The molecule has 2 nitrogen and oxygen atoms in total. The molecule has 0 aliphatic carbocycles. The highest BCUT2D eigenvalue weighted by Crippen LogP contribution is 2.51. The molecule has 0 bridgehead atoms. The monoisotopic (exact) mass is 315 g/mol. The van der Waals surface area contributed by atoms with Crippen LogP contribution in [-0.4, -0.2) is 11.7 Å². The van der Waals surface area contributed by atoms with Gasteiger partial charge in [0.2, 0.25) is 0 Å². The van der Waals surface area contributed by atoms with E-state index in [1.54, 1.807) is 0 Å². The fourth-order valence-corrected chi connectivity index (χ4v) is 3.32. The Morgan fingerprint density at radius 2 is 1.61 bits per heavy atom. The van der Waals surface area contributed by atoms with E-state index >= 15 is 0 Å². The Morgan fingerprint density at radius 1 is 1.04 bits per heavy atom. The van der Waals surface area contributed by atoms with Crippen LogP contribution in [0.3, 0.4) is 0 Å². The number of rotatable bonds is 7. The van der Waals surface area contributed by atoms with Crippen molar-refractivity contribution in [1.29, 1.82) is 5.26 Å². The van der Waals surface area contributed by atoms with Gasteiger partial charge in [-0.2, -0.15) is 5.26 Å². The number of hydrogen-bond donors (Lipinski definition) is 1. The molecular formula is C21H33NO. The molecule has 0 saturated heterocycles. The SMILES string of the molecule is CC(C)(C)C(CC(C)(C)C(C)(C#N)CCCO)c1ccccc1. The number of hydrogen-bond acceptors (Lipinski definition) is 2. The van der Waals surface area contributed by atoms with Gasteiger partial charge in [0, 0.05) is 6.61 Å². The molecule has 2 atom stereocenters. The van der Waals surface area contributed by atoms with Gasteiger partial charge in [-0.25, -0.2) is 0 Å². The summed E-state index contributed by atoms with van der Waals surface area (Å²) in [5, 5.41) is 19.0. The predicted octanol–water partition coefficient (Wildman–Crippen LogP) is 5.53. The third-order valence-corrected chi connectivity index (χ3v) is 5.54. The molecule has 0 fully saturated rings. The fourth-order valence-electron chi connectivity index (χ4n) is 3.32. The lowest BCUT2D eigenvalue weighted by Crippen LogP contribution is -2.37. The molecule has 0 aromatic heterocycles. The zero-order chi connectivity index (χ0) is 17.7. The van der Waals surface area contributed by atoms with E-state index in [1.807, 2.05) is 6.92 Å². The number of benzene rings is 1. The van der Waals surface area contributed by atoms with E-state index in [-0.39, 0.29) is 17.4 Å². The van der Waals surface area contributed by atoms with Gasteiger partial charge in [-0.1, -0.05) is 65.0 Å². The molecule has 0 amide bonds. The van der Waals surface area contributed by atoms with E-state index in [1.165, 1.54) is 5.56 Å². The Labute approximate surface area is 142 Å². The molecule has 1 aromatic rings. The van der Waals surface area contributed by atoms with E-state index in [4.69, 9.17) is 0 Å². The molecule has 1 rings (SSSR count). The van der Waals surface area contributed by atoms with E-state index in [0.29, 0.717) is 12.3 Å². The van der Waals surface area contributed by atoms with Crippen molar-refractivity contribution in [3.8, 4) is 6.07 Å². The Bertz CT molecular complexity index is 521. The summed E-state index contributed by atoms with van der Waals surface area (Å²) in [5.74, 6) is 0.389. The molecule has 1 aromatic carbocycles. The Kier molecular flexibility index (Phi) is 6.42. The third kappa shape index (κ3) is 4.82. The minimum absolute atomic E-state index is 0.131. The van der Waals surface area contributed by atoms with Crippen molar-refractivity contribution in [2.45, 2.75) is 66.7 Å². The lowest BCUT2D eigenvalue weighted by molar-refractivity contribution is 0.0865. The van der Waals surface area contributed by atoms with Crippen LogP contribution in [-0.2, 0) is 0 Å². The average Bonchev–Trinajstić information content (AvgIpc) is 2.50. The molecule has 0 heterocycles. The number of aliphatic hydroxyl groups excluding tert-OH is 1. The lowest BCUT2D eigenvalue weighted by Gasteiger charge is -2.44. The summed E-state index contributed by atoms with van der Waals surface area (Å²) < 4.78 is 0. The Hall–Kier alpha value is -1.33. The molecule has 128 valence electrons. The van der Waals surface area contributed by atoms with Gasteiger partial charge in [-0.05, 0) is 48.5 Å². The molecule has 23 heavy (non-hydrogen) atoms. The van der Waals surface area contributed by atoms with Gasteiger partial charge in [-0.15, -0.1) is 0 Å². The van der Waals surface area contributed by atoms with Crippen molar-refractivity contribution in [3.05, 3.63) is 35.9 Å². The van der Waals surface area contributed by atoms with Gasteiger partial charge in [0.15, 0.2) is 0 Å². The van der Waals surface area contributed by atoms with Crippen LogP contribution < -0.4 is 0 Å². The van der Waals surface area contributed by atoms with E-state index < -0.39 is 5.41 Å². The predicted molar refractivity (Wildman–Crippen MR) is 97.1 cm³/mol. The molecule has 2 heteroatoms. The summed E-state index contributed by atoms with van der Waals surface area (Å²) in [6.45, 7) is 13.4. The first-order valence-corrected chi connectivity index (χ1v) is 8.64. The quantitative estimate of drug-likeness (QED) is 0.718. The van der Waals surface area contributed by atoms with Crippen molar-refractivity contribution >= 4 is 0 Å². The molecule has 0 spiro atoms. The van der Waals surface area contributed by atoms with Crippen molar-refractivity contribution in [3.63, 3.8) is 0 Å². The van der Waals surface area contributed by atoms with Crippen LogP contribution in [0.15, 0.2) is 30.3 Å². The second kappa shape index (κ2) is 7.49. The summed E-state index contributed by atoms with van der Waals surface area (Å²) in [7, 11) is 0. The summed E-state index contributed by atoms with van der Waals surface area (Å²) in [4.78, 5) is 0. The van der Waals surface area contributed by atoms with Crippen molar-refractivity contribution < 1.29 is 5.11 Å². The lowest BCUT2D eigenvalue weighted by atomic mass is 9.58. The number of nitrogens with zero attached hydrogens (tertiary/aromatic N) is 1. The molecule has 2 unspecified atom stereocenters. The maximum atomic E-state index is 9.80. The van der Waals surface area contributed by atoms with Gasteiger partial charge in [0.25, 0.3) is 0 Å². The third-order valence-electron chi connectivity index (χ3n) is 5.54. The van der Waals surface area contributed by atoms with Gasteiger partial charge >= 0.3 is 0 Å². The fraction of sp³-hybridized carbons (Fsp3) is 0.667. The maximum absolute atomic E-state index is 9.80.